The van der Waals surface area contributed by atoms with Crippen molar-refractivity contribution in [1.82, 2.24) is 0 Å². The van der Waals surface area contributed by atoms with Crippen molar-refractivity contribution in [3.63, 3.8) is 0 Å². The highest BCUT2D eigenvalue weighted by atomic mass is 32.2. The molecule has 0 heterocycles. The van der Waals surface area contributed by atoms with Gasteiger partial charge < -0.3 is 15.6 Å². The summed E-state index contributed by atoms with van der Waals surface area (Å²) in [5, 5.41) is 9.17. The maximum Gasteiger partial charge on any atom is 0.182 e. The Kier molecular flexibility index (Phi) is 4.38. The highest BCUT2D eigenvalue weighted by Gasteiger charge is 2.70. The third-order valence-electron chi connectivity index (χ3n) is 4.94. The van der Waals surface area contributed by atoms with Crippen LogP contribution >= 0.6 is 0 Å². The lowest BCUT2D eigenvalue weighted by molar-refractivity contribution is 0.212. The summed E-state index contributed by atoms with van der Waals surface area (Å²) >= 11 is 0. The van der Waals surface area contributed by atoms with Crippen molar-refractivity contribution >= 4 is 9.84 Å². The number of ether oxygens (including phenoxy) is 1. The van der Waals surface area contributed by atoms with Crippen LogP contribution in [-0.2, 0) is 9.84 Å². The summed E-state index contributed by atoms with van der Waals surface area (Å²) in [5.74, 6) is 0.368. The Morgan fingerprint density at radius 1 is 1.12 bits per heavy atom. The predicted molar refractivity (Wildman–Crippen MR) is 91.7 cm³/mol. The van der Waals surface area contributed by atoms with Crippen molar-refractivity contribution in [2.24, 2.45) is 11.1 Å². The monoisotopic (exact) mass is 347 g/mol. The fraction of sp³-hybridized carbons (Fsp3) is 0.333. The summed E-state index contributed by atoms with van der Waals surface area (Å²) in [6.07, 6.45) is 0. The van der Waals surface area contributed by atoms with E-state index in [1.54, 1.807) is 49.6 Å². The van der Waals surface area contributed by atoms with Crippen LogP contribution in [-0.4, -0.2) is 39.0 Å². The van der Waals surface area contributed by atoms with Gasteiger partial charge in [-0.25, -0.2) is 8.42 Å². The molecule has 2 aromatic carbocycles. The van der Waals surface area contributed by atoms with Crippen LogP contribution in [0.25, 0.3) is 0 Å². The zero-order chi connectivity index (χ0) is 17.4. The molecule has 0 saturated heterocycles. The lowest BCUT2D eigenvalue weighted by Crippen LogP contribution is -2.27. The summed E-state index contributed by atoms with van der Waals surface area (Å²) in [5.41, 5.74) is 5.88. The first-order valence-electron chi connectivity index (χ1n) is 7.75. The lowest BCUT2D eigenvalue weighted by atomic mass is 10.00. The Balaban J connectivity index is 2.02. The van der Waals surface area contributed by atoms with Crippen LogP contribution in [0.5, 0.6) is 5.75 Å². The predicted octanol–water partition coefficient (Wildman–Crippen LogP) is 1.57. The number of sulfone groups is 1. The Labute approximate surface area is 142 Å². The third kappa shape index (κ3) is 2.51. The normalized spacial score (nSPS) is 26.1. The van der Waals surface area contributed by atoms with Crippen LogP contribution < -0.4 is 10.5 Å². The molecule has 0 spiro atoms. The molecule has 0 bridgehead atoms. The second kappa shape index (κ2) is 6.20. The number of hydrogen-bond donors (Lipinski definition) is 2. The van der Waals surface area contributed by atoms with E-state index in [-0.39, 0.29) is 24.0 Å². The maximum absolute atomic E-state index is 13.0. The number of hydrogen-bond acceptors (Lipinski definition) is 5. The van der Waals surface area contributed by atoms with Crippen LogP contribution in [0.4, 0.5) is 0 Å². The van der Waals surface area contributed by atoms with Crippen molar-refractivity contribution in [1.29, 1.82) is 0 Å². The van der Waals surface area contributed by atoms with E-state index >= 15 is 0 Å². The van der Waals surface area contributed by atoms with E-state index in [1.807, 2.05) is 12.1 Å². The van der Waals surface area contributed by atoms with Gasteiger partial charge in [0.1, 0.15) is 5.75 Å². The van der Waals surface area contributed by atoms with Gasteiger partial charge in [-0.2, -0.15) is 0 Å². The second-order valence-electron chi connectivity index (χ2n) is 6.12. The Morgan fingerprint density at radius 3 is 2.25 bits per heavy atom. The van der Waals surface area contributed by atoms with E-state index < -0.39 is 20.5 Å². The first kappa shape index (κ1) is 17.0. The minimum absolute atomic E-state index is 0.108. The smallest absolute Gasteiger partial charge is 0.182 e. The molecule has 2 aromatic rings. The molecule has 1 saturated carbocycles. The van der Waals surface area contributed by atoms with Gasteiger partial charge in [-0.3, -0.25) is 0 Å². The quantitative estimate of drug-likeness (QED) is 0.828. The van der Waals surface area contributed by atoms with Crippen molar-refractivity contribution in [2.45, 2.75) is 16.1 Å². The molecule has 1 aliphatic carbocycles. The van der Waals surface area contributed by atoms with Crippen LogP contribution in [0.2, 0.25) is 0 Å². The molecule has 5 nitrogen and oxygen atoms in total. The van der Waals surface area contributed by atoms with Crippen LogP contribution in [0.15, 0.2) is 59.5 Å². The zero-order valence-electron chi connectivity index (χ0n) is 13.4. The van der Waals surface area contributed by atoms with Gasteiger partial charge in [0.2, 0.25) is 0 Å². The van der Waals surface area contributed by atoms with E-state index in [2.05, 4.69) is 0 Å². The largest absolute Gasteiger partial charge is 0.497 e. The SMILES string of the molecule is COc1ccc([C@H]2[C@H](S(=O)(=O)c3ccccc3)[C@@]2(CN)CO)cc1. The van der Waals surface area contributed by atoms with Crippen molar-refractivity contribution in [3.8, 4) is 5.75 Å². The molecule has 3 N–H and O–H groups in total. The van der Waals surface area contributed by atoms with Gasteiger partial charge >= 0.3 is 0 Å². The van der Waals surface area contributed by atoms with Crippen LogP contribution in [0, 0.1) is 5.41 Å². The molecule has 6 heteroatoms. The van der Waals surface area contributed by atoms with Crippen molar-refractivity contribution in [2.75, 3.05) is 20.3 Å². The molecular formula is C18H21NO4S. The molecule has 0 unspecified atom stereocenters. The molecule has 3 atom stereocenters. The van der Waals surface area contributed by atoms with Gasteiger partial charge in [-0.1, -0.05) is 30.3 Å². The van der Waals surface area contributed by atoms with E-state index in [0.717, 1.165) is 5.56 Å². The molecule has 24 heavy (non-hydrogen) atoms. The number of methoxy groups -OCH3 is 1. The molecule has 1 fully saturated rings. The van der Waals surface area contributed by atoms with Crippen LogP contribution in [0.1, 0.15) is 11.5 Å². The number of aliphatic hydroxyl groups excluding tert-OH is 1. The number of benzene rings is 2. The second-order valence-corrected chi connectivity index (χ2v) is 8.19. The summed E-state index contributed by atoms with van der Waals surface area (Å²) in [7, 11) is -2.01. The topological polar surface area (TPSA) is 89.6 Å². The first-order chi connectivity index (χ1) is 11.5. The fourth-order valence-corrected chi connectivity index (χ4v) is 5.99. The maximum atomic E-state index is 13.0. The molecule has 0 amide bonds. The van der Waals surface area contributed by atoms with E-state index in [4.69, 9.17) is 10.5 Å². The van der Waals surface area contributed by atoms with Crippen molar-refractivity contribution < 1.29 is 18.3 Å². The van der Waals surface area contributed by atoms with Gasteiger partial charge in [-0.15, -0.1) is 0 Å². The standard InChI is InChI=1S/C18H21NO4S/c1-23-14-9-7-13(8-10-14)16-17(18(16,11-19)12-20)24(21,22)15-5-3-2-4-6-15/h2-10,16-17,20H,11-12,19H2,1H3/t16-,17-,18-/m0/s1. The molecule has 1 aliphatic rings. The Bertz CT molecular complexity index is 799. The molecule has 3 rings (SSSR count). The molecule has 0 aromatic heterocycles. The van der Waals surface area contributed by atoms with Crippen molar-refractivity contribution in [3.05, 3.63) is 60.2 Å². The average molecular weight is 347 g/mol. The summed E-state index contributed by atoms with van der Waals surface area (Å²) in [6.45, 7) is -0.159. The zero-order valence-corrected chi connectivity index (χ0v) is 14.2. The number of rotatable bonds is 6. The summed E-state index contributed by atoms with van der Waals surface area (Å²) in [6, 6.07) is 15.6. The number of aliphatic hydroxyl groups is 1. The summed E-state index contributed by atoms with van der Waals surface area (Å²) < 4.78 is 31.2. The average Bonchev–Trinajstić information content (AvgIpc) is 3.33. The van der Waals surface area contributed by atoms with Gasteiger partial charge in [0.05, 0.1) is 23.9 Å². The fourth-order valence-electron chi connectivity index (χ4n) is 3.51. The Hall–Kier alpha value is -1.89. The van der Waals surface area contributed by atoms with E-state index in [1.165, 1.54) is 0 Å². The minimum atomic E-state index is -3.58. The van der Waals surface area contributed by atoms with Gasteiger partial charge in [0.15, 0.2) is 9.84 Å². The first-order valence-corrected chi connectivity index (χ1v) is 9.29. The minimum Gasteiger partial charge on any atom is -0.497 e. The Morgan fingerprint density at radius 2 is 1.75 bits per heavy atom. The lowest BCUT2D eigenvalue weighted by Gasteiger charge is -2.12. The molecule has 0 aliphatic heterocycles. The van der Waals surface area contributed by atoms with E-state index in [9.17, 15) is 13.5 Å². The summed E-state index contributed by atoms with van der Waals surface area (Å²) in [4.78, 5) is 0.261. The van der Waals surface area contributed by atoms with Gasteiger partial charge in [0.25, 0.3) is 0 Å². The molecular weight excluding hydrogens is 326 g/mol. The highest BCUT2D eigenvalue weighted by Crippen LogP contribution is 2.63. The molecule has 0 radical (unpaired) electrons. The van der Waals surface area contributed by atoms with Gasteiger partial charge in [-0.05, 0) is 29.8 Å². The van der Waals surface area contributed by atoms with Crippen LogP contribution in [0.3, 0.4) is 0 Å². The third-order valence-corrected chi connectivity index (χ3v) is 7.27. The highest BCUT2D eigenvalue weighted by molar-refractivity contribution is 7.92. The number of nitrogens with two attached hydrogens (primary N) is 1. The molecule has 128 valence electrons. The van der Waals surface area contributed by atoms with Gasteiger partial charge in [0, 0.05) is 17.9 Å². The van der Waals surface area contributed by atoms with E-state index in [0.29, 0.717) is 5.75 Å².